The van der Waals surface area contributed by atoms with Gasteiger partial charge in [0.2, 0.25) is 0 Å². The van der Waals surface area contributed by atoms with Crippen molar-refractivity contribution in [3.63, 3.8) is 0 Å². The normalized spacial score (nSPS) is 11.9. The molecule has 2 aromatic rings. The van der Waals surface area contributed by atoms with Gasteiger partial charge >= 0.3 is 0 Å². The number of rotatable bonds is 5. The Morgan fingerprint density at radius 1 is 1.38 bits per heavy atom. The smallest absolute Gasteiger partial charge is 0.251 e. The number of hydrogen-bond acceptors (Lipinski definition) is 4. The fourth-order valence-corrected chi connectivity index (χ4v) is 2.81. The maximum absolute atomic E-state index is 12.2. The van der Waals surface area contributed by atoms with Gasteiger partial charge in [-0.3, -0.25) is 4.79 Å². The molecule has 0 fully saturated rings. The number of carbonyl (C=O) groups excluding carboxylic acids is 1. The molecule has 3 N–H and O–H groups in total. The molecule has 1 atom stereocenters. The van der Waals surface area contributed by atoms with Crippen LogP contribution in [0.3, 0.4) is 0 Å². The molecule has 0 aliphatic rings. The molecular weight excluding hydrogens is 302 g/mol. The summed E-state index contributed by atoms with van der Waals surface area (Å²) in [5, 5.41) is 3.86. The number of carbonyl (C=O) groups is 1. The summed E-state index contributed by atoms with van der Waals surface area (Å²) in [6.45, 7) is 4.02. The quantitative estimate of drug-likeness (QED) is 0.832. The fraction of sp³-hybridized carbons (Fsp3) is 0.267. The third kappa shape index (κ3) is 3.86. The first-order chi connectivity index (χ1) is 10.0. The van der Waals surface area contributed by atoms with Gasteiger partial charge in [0.15, 0.2) is 0 Å². The van der Waals surface area contributed by atoms with E-state index in [1.165, 1.54) is 4.88 Å². The Morgan fingerprint density at radius 3 is 2.52 bits per heavy atom. The number of hydrogen-bond donors (Lipinski definition) is 2. The molecule has 2 rings (SSSR count). The molecule has 0 saturated heterocycles. The van der Waals surface area contributed by atoms with Crippen LogP contribution in [0, 0.1) is 0 Å². The number of amides is 1. The molecule has 0 aliphatic heterocycles. The van der Waals surface area contributed by atoms with E-state index >= 15 is 0 Å². The maximum atomic E-state index is 12.2. The molecule has 1 heterocycles. The number of nitrogens with one attached hydrogen (secondary N) is 1. The van der Waals surface area contributed by atoms with Crippen LogP contribution in [0.15, 0.2) is 30.5 Å². The van der Waals surface area contributed by atoms with Gasteiger partial charge < -0.3 is 11.1 Å². The van der Waals surface area contributed by atoms with E-state index in [4.69, 9.17) is 18.0 Å². The van der Waals surface area contributed by atoms with E-state index in [9.17, 15) is 4.79 Å². The van der Waals surface area contributed by atoms with E-state index < -0.39 is 0 Å². The molecule has 1 aromatic carbocycles. The van der Waals surface area contributed by atoms with Gasteiger partial charge in [0, 0.05) is 22.2 Å². The van der Waals surface area contributed by atoms with Crippen LogP contribution in [0.25, 0.3) is 0 Å². The van der Waals surface area contributed by atoms with Gasteiger partial charge in [-0.1, -0.05) is 31.3 Å². The zero-order valence-corrected chi connectivity index (χ0v) is 13.6. The average molecular weight is 319 g/mol. The van der Waals surface area contributed by atoms with Gasteiger partial charge in [-0.2, -0.15) is 0 Å². The lowest BCUT2D eigenvalue weighted by Crippen LogP contribution is -2.26. The molecule has 0 spiro atoms. The summed E-state index contributed by atoms with van der Waals surface area (Å²) < 4.78 is 0. The number of aryl methyl sites for hydroxylation is 1. The highest BCUT2D eigenvalue weighted by Gasteiger charge is 2.14. The van der Waals surface area contributed by atoms with Crippen LogP contribution in [0.2, 0.25) is 0 Å². The summed E-state index contributed by atoms with van der Waals surface area (Å²) in [6.07, 6.45) is 2.82. The minimum Gasteiger partial charge on any atom is -0.389 e. The molecule has 0 aliphatic carbocycles. The van der Waals surface area contributed by atoms with Gasteiger partial charge in [-0.15, -0.1) is 11.3 Å². The Bertz CT molecular complexity index is 649. The largest absolute Gasteiger partial charge is 0.389 e. The number of thiocarbonyl (C=S) groups is 1. The number of nitrogens with two attached hydrogens (primary N) is 1. The van der Waals surface area contributed by atoms with E-state index in [0.717, 1.165) is 17.0 Å². The minimum absolute atomic E-state index is 0.113. The second kappa shape index (κ2) is 6.78. The van der Waals surface area contributed by atoms with Crippen molar-refractivity contribution in [2.75, 3.05) is 0 Å². The number of thiazole rings is 1. The Balaban J connectivity index is 2.04. The summed E-state index contributed by atoms with van der Waals surface area (Å²) in [6, 6.07) is 6.82. The lowest BCUT2D eigenvalue weighted by Gasteiger charge is -2.11. The van der Waals surface area contributed by atoms with Crippen molar-refractivity contribution in [1.29, 1.82) is 0 Å². The lowest BCUT2D eigenvalue weighted by atomic mass is 10.1. The first-order valence-electron chi connectivity index (χ1n) is 6.66. The Morgan fingerprint density at radius 2 is 2.00 bits per heavy atom. The first kappa shape index (κ1) is 15.6. The van der Waals surface area contributed by atoms with Gasteiger partial charge in [-0.25, -0.2) is 4.98 Å². The topological polar surface area (TPSA) is 68.0 Å². The van der Waals surface area contributed by atoms with Crippen molar-refractivity contribution in [1.82, 2.24) is 10.3 Å². The monoisotopic (exact) mass is 319 g/mol. The summed E-state index contributed by atoms with van der Waals surface area (Å²) in [7, 11) is 0. The standard InChI is InChI=1S/C15H17N3OS2/c1-3-12-8-17-15(21-12)9(2)18-14(19)11-6-4-10(5-7-11)13(16)20/h4-9H,3H2,1-2H3,(H2,16,20)(H,18,19). The zero-order valence-electron chi connectivity index (χ0n) is 11.9. The van der Waals surface area contributed by atoms with Crippen molar-refractivity contribution in [2.24, 2.45) is 5.73 Å². The summed E-state index contributed by atoms with van der Waals surface area (Å²) in [4.78, 5) is 18.1. The van der Waals surface area contributed by atoms with E-state index in [1.807, 2.05) is 13.1 Å². The molecule has 1 unspecified atom stereocenters. The van der Waals surface area contributed by atoms with Crippen LogP contribution < -0.4 is 11.1 Å². The first-order valence-corrected chi connectivity index (χ1v) is 7.89. The van der Waals surface area contributed by atoms with Crippen LogP contribution >= 0.6 is 23.6 Å². The highest BCUT2D eigenvalue weighted by Crippen LogP contribution is 2.20. The number of benzene rings is 1. The second-order valence-electron chi connectivity index (χ2n) is 4.66. The molecule has 4 nitrogen and oxygen atoms in total. The van der Waals surface area contributed by atoms with E-state index in [1.54, 1.807) is 35.6 Å². The molecule has 0 saturated carbocycles. The van der Waals surface area contributed by atoms with Crippen LogP contribution in [-0.2, 0) is 6.42 Å². The highest BCUT2D eigenvalue weighted by atomic mass is 32.1. The van der Waals surface area contributed by atoms with E-state index in [-0.39, 0.29) is 11.9 Å². The zero-order chi connectivity index (χ0) is 15.4. The lowest BCUT2D eigenvalue weighted by molar-refractivity contribution is 0.0940. The molecule has 110 valence electrons. The highest BCUT2D eigenvalue weighted by molar-refractivity contribution is 7.80. The van der Waals surface area contributed by atoms with Gasteiger partial charge in [0.1, 0.15) is 10.00 Å². The minimum atomic E-state index is -0.134. The van der Waals surface area contributed by atoms with Crippen LogP contribution in [0.4, 0.5) is 0 Å². The maximum Gasteiger partial charge on any atom is 0.251 e. The summed E-state index contributed by atoms with van der Waals surface area (Å²) in [5.41, 5.74) is 6.87. The summed E-state index contributed by atoms with van der Waals surface area (Å²) in [5.74, 6) is -0.134. The van der Waals surface area contributed by atoms with Crippen LogP contribution in [0.1, 0.15) is 45.7 Å². The molecule has 0 radical (unpaired) electrons. The van der Waals surface area contributed by atoms with Gasteiger partial charge in [-0.05, 0) is 25.5 Å². The Hall–Kier alpha value is -1.79. The van der Waals surface area contributed by atoms with Gasteiger partial charge in [0.25, 0.3) is 5.91 Å². The third-order valence-electron chi connectivity index (χ3n) is 3.07. The molecule has 1 aromatic heterocycles. The summed E-state index contributed by atoms with van der Waals surface area (Å²) >= 11 is 6.51. The third-order valence-corrected chi connectivity index (χ3v) is 4.63. The SMILES string of the molecule is CCc1cnc(C(C)NC(=O)c2ccc(C(N)=S)cc2)s1. The Labute approximate surface area is 133 Å². The van der Waals surface area contributed by atoms with Crippen molar-refractivity contribution in [2.45, 2.75) is 26.3 Å². The predicted octanol–water partition coefficient (Wildman–Crippen LogP) is 2.83. The fourth-order valence-electron chi connectivity index (χ4n) is 1.81. The molecule has 0 bridgehead atoms. The van der Waals surface area contributed by atoms with E-state index in [2.05, 4.69) is 17.2 Å². The van der Waals surface area contributed by atoms with Crippen LogP contribution in [-0.4, -0.2) is 15.9 Å². The van der Waals surface area contributed by atoms with Crippen molar-refractivity contribution < 1.29 is 4.79 Å². The Kier molecular flexibility index (Phi) is 5.03. The molecule has 21 heavy (non-hydrogen) atoms. The number of nitrogens with zero attached hydrogens (tertiary/aromatic N) is 1. The predicted molar refractivity (Wildman–Crippen MR) is 89.7 cm³/mol. The van der Waals surface area contributed by atoms with Gasteiger partial charge in [0.05, 0.1) is 6.04 Å². The second-order valence-corrected chi connectivity index (χ2v) is 6.24. The molecular formula is C15H17N3OS2. The van der Waals surface area contributed by atoms with Crippen molar-refractivity contribution in [3.05, 3.63) is 51.5 Å². The number of aromatic nitrogens is 1. The molecule has 6 heteroatoms. The van der Waals surface area contributed by atoms with Crippen molar-refractivity contribution in [3.8, 4) is 0 Å². The van der Waals surface area contributed by atoms with Crippen molar-refractivity contribution >= 4 is 34.5 Å². The van der Waals surface area contributed by atoms with E-state index in [0.29, 0.717) is 10.6 Å². The molecule has 1 amide bonds. The van der Waals surface area contributed by atoms with Crippen LogP contribution in [0.5, 0.6) is 0 Å². The average Bonchev–Trinajstić information content (AvgIpc) is 2.96.